The number of imidazole rings is 1. The van der Waals surface area contributed by atoms with Crippen LogP contribution in [0.15, 0.2) is 42.2 Å². The third kappa shape index (κ3) is 2.77. The number of fused-ring (bicyclic) bond motifs is 1. The van der Waals surface area contributed by atoms with Crippen molar-refractivity contribution in [3.8, 4) is 11.5 Å². The summed E-state index contributed by atoms with van der Waals surface area (Å²) in [7, 11) is 3.20. The van der Waals surface area contributed by atoms with Crippen LogP contribution in [0.25, 0.3) is 16.6 Å². The largest absolute Gasteiger partial charge is 0.509 e. The molecule has 1 aliphatic rings. The van der Waals surface area contributed by atoms with Crippen molar-refractivity contribution >= 4 is 28.1 Å². The zero-order valence-corrected chi connectivity index (χ0v) is 15.3. The second-order valence-corrected chi connectivity index (χ2v) is 6.40. The van der Waals surface area contributed by atoms with Crippen molar-refractivity contribution in [1.29, 1.82) is 5.41 Å². The number of aliphatic hydroxyl groups excluding tert-OH is 1. The van der Waals surface area contributed by atoms with Crippen LogP contribution in [0.4, 0.5) is 5.69 Å². The zero-order chi connectivity index (χ0) is 19.1. The van der Waals surface area contributed by atoms with Crippen LogP contribution in [0.2, 0.25) is 0 Å². The molecule has 0 unspecified atom stereocenters. The Kier molecular flexibility index (Phi) is 3.99. The van der Waals surface area contributed by atoms with E-state index in [1.165, 1.54) is 0 Å². The smallest absolute Gasteiger partial charge is 0.145 e. The number of aliphatic hydroxyl groups is 1. The van der Waals surface area contributed by atoms with Gasteiger partial charge < -0.3 is 24.5 Å². The van der Waals surface area contributed by atoms with E-state index in [0.29, 0.717) is 22.9 Å². The van der Waals surface area contributed by atoms with Crippen molar-refractivity contribution in [1.82, 2.24) is 9.97 Å². The Balaban J connectivity index is 1.74. The predicted octanol–water partition coefficient (Wildman–Crippen LogP) is 3.66. The highest BCUT2D eigenvalue weighted by Crippen LogP contribution is 2.36. The molecular formula is C20H20N4O3. The molecule has 27 heavy (non-hydrogen) atoms. The van der Waals surface area contributed by atoms with Crippen LogP contribution in [0, 0.1) is 12.3 Å². The van der Waals surface area contributed by atoms with E-state index in [4.69, 9.17) is 14.9 Å². The normalized spacial score (nSPS) is 14.3. The molecule has 0 fully saturated rings. The number of nitrogens with zero attached hydrogens (tertiary/aromatic N) is 2. The number of hydrogen-bond donors (Lipinski definition) is 3. The van der Waals surface area contributed by atoms with Gasteiger partial charge in [-0.25, -0.2) is 4.98 Å². The van der Waals surface area contributed by atoms with E-state index in [1.807, 2.05) is 43.3 Å². The maximum Gasteiger partial charge on any atom is 0.145 e. The van der Waals surface area contributed by atoms with Gasteiger partial charge in [0.05, 0.1) is 43.1 Å². The lowest BCUT2D eigenvalue weighted by atomic mass is 10.2. The summed E-state index contributed by atoms with van der Waals surface area (Å²) in [4.78, 5) is 9.42. The summed E-state index contributed by atoms with van der Waals surface area (Å²) >= 11 is 0. The monoisotopic (exact) mass is 364 g/mol. The number of methoxy groups -OCH3 is 2. The maximum atomic E-state index is 10.6. The standard InChI is InChI=1S/C20H20N4O3/c1-11-4-7-17(27-3)15(8-11)24-10-16(25)18(19(24)21)20-22-13-6-5-12(26-2)9-14(13)23-20/h4-9,21,25H,10H2,1-3H3,(H,22,23). The van der Waals surface area contributed by atoms with Crippen LogP contribution in [0.3, 0.4) is 0 Å². The average molecular weight is 364 g/mol. The van der Waals surface area contributed by atoms with Gasteiger partial charge in [0.25, 0.3) is 0 Å². The number of aryl methyl sites for hydroxylation is 1. The molecule has 0 radical (unpaired) electrons. The fraction of sp³-hybridized carbons (Fsp3) is 0.200. The van der Waals surface area contributed by atoms with Gasteiger partial charge in [-0.2, -0.15) is 0 Å². The van der Waals surface area contributed by atoms with Crippen LogP contribution in [0.5, 0.6) is 11.5 Å². The van der Waals surface area contributed by atoms with Gasteiger partial charge in [0.15, 0.2) is 0 Å². The van der Waals surface area contributed by atoms with Gasteiger partial charge in [-0.15, -0.1) is 0 Å². The highest BCUT2D eigenvalue weighted by molar-refractivity contribution is 6.30. The van der Waals surface area contributed by atoms with Gasteiger partial charge in [0.1, 0.15) is 28.9 Å². The Morgan fingerprint density at radius 3 is 2.70 bits per heavy atom. The average Bonchev–Trinajstić information content (AvgIpc) is 3.20. The molecule has 3 aromatic rings. The van der Waals surface area contributed by atoms with Gasteiger partial charge in [-0.3, -0.25) is 5.41 Å². The highest BCUT2D eigenvalue weighted by atomic mass is 16.5. The number of rotatable bonds is 4. The van der Waals surface area contributed by atoms with E-state index in [1.54, 1.807) is 19.1 Å². The second kappa shape index (κ2) is 6.35. The molecule has 0 spiro atoms. The predicted molar refractivity (Wildman–Crippen MR) is 105 cm³/mol. The Morgan fingerprint density at radius 2 is 1.96 bits per heavy atom. The number of H-pyrrole nitrogens is 1. The van der Waals surface area contributed by atoms with Gasteiger partial charge in [-0.05, 0) is 36.8 Å². The molecule has 0 amide bonds. The Labute approximate surface area is 156 Å². The fourth-order valence-corrected chi connectivity index (χ4v) is 3.28. The van der Waals surface area contributed by atoms with Gasteiger partial charge in [-0.1, -0.05) is 6.07 Å². The molecule has 1 aromatic heterocycles. The fourth-order valence-electron chi connectivity index (χ4n) is 3.28. The molecule has 2 heterocycles. The van der Waals surface area contributed by atoms with Crippen molar-refractivity contribution in [2.24, 2.45) is 0 Å². The topological polar surface area (TPSA) is 94.5 Å². The van der Waals surface area contributed by atoms with E-state index in [9.17, 15) is 5.11 Å². The third-order valence-corrected chi connectivity index (χ3v) is 4.65. The molecule has 0 aliphatic carbocycles. The number of ether oxygens (including phenoxy) is 2. The van der Waals surface area contributed by atoms with Crippen molar-refractivity contribution < 1.29 is 14.6 Å². The minimum Gasteiger partial charge on any atom is -0.509 e. The zero-order valence-electron chi connectivity index (χ0n) is 15.3. The first-order valence-corrected chi connectivity index (χ1v) is 8.49. The number of anilines is 1. The molecule has 4 rings (SSSR count). The first kappa shape index (κ1) is 17.0. The lowest BCUT2D eigenvalue weighted by Gasteiger charge is -2.21. The Bertz CT molecular complexity index is 1080. The second-order valence-electron chi connectivity index (χ2n) is 6.40. The quantitative estimate of drug-likeness (QED) is 0.657. The summed E-state index contributed by atoms with van der Waals surface area (Å²) in [6, 6.07) is 11.2. The summed E-state index contributed by atoms with van der Waals surface area (Å²) in [5, 5.41) is 19.2. The summed E-state index contributed by atoms with van der Waals surface area (Å²) in [5.74, 6) is 2.07. The first-order chi connectivity index (χ1) is 13.0. The molecular weight excluding hydrogens is 344 g/mol. The van der Waals surface area contributed by atoms with Gasteiger partial charge in [0, 0.05) is 6.07 Å². The molecule has 1 aliphatic heterocycles. The molecule has 0 saturated heterocycles. The summed E-state index contributed by atoms with van der Waals surface area (Å²) in [6.07, 6.45) is 0. The minimum atomic E-state index is 0.0922. The number of hydrogen-bond acceptors (Lipinski definition) is 5. The van der Waals surface area contributed by atoms with Crippen LogP contribution in [-0.4, -0.2) is 41.7 Å². The maximum absolute atomic E-state index is 10.6. The summed E-state index contributed by atoms with van der Waals surface area (Å²) < 4.78 is 10.7. The number of amidine groups is 1. The number of aromatic amines is 1. The third-order valence-electron chi connectivity index (χ3n) is 4.65. The molecule has 138 valence electrons. The van der Waals surface area contributed by atoms with Crippen molar-refractivity contribution in [2.45, 2.75) is 6.92 Å². The van der Waals surface area contributed by atoms with Crippen LogP contribution in [-0.2, 0) is 0 Å². The van der Waals surface area contributed by atoms with E-state index in [0.717, 1.165) is 22.3 Å². The molecule has 0 bridgehead atoms. The van der Waals surface area contributed by atoms with Gasteiger partial charge in [0.2, 0.25) is 0 Å². The van der Waals surface area contributed by atoms with Crippen LogP contribution < -0.4 is 14.4 Å². The lowest BCUT2D eigenvalue weighted by Crippen LogP contribution is -2.26. The van der Waals surface area contributed by atoms with Crippen LogP contribution >= 0.6 is 0 Å². The van der Waals surface area contributed by atoms with E-state index in [2.05, 4.69) is 9.97 Å². The van der Waals surface area contributed by atoms with Crippen LogP contribution in [0.1, 0.15) is 11.4 Å². The molecule has 0 atom stereocenters. The molecule has 7 nitrogen and oxygen atoms in total. The Hall–Kier alpha value is -3.48. The first-order valence-electron chi connectivity index (χ1n) is 8.49. The summed E-state index contributed by atoms with van der Waals surface area (Å²) in [6.45, 7) is 2.16. The number of nitrogens with one attached hydrogen (secondary N) is 2. The minimum absolute atomic E-state index is 0.0922. The van der Waals surface area contributed by atoms with Crippen molar-refractivity contribution in [3.05, 3.63) is 53.5 Å². The lowest BCUT2D eigenvalue weighted by molar-refractivity contribution is 0.406. The van der Waals surface area contributed by atoms with Gasteiger partial charge >= 0.3 is 0 Å². The molecule has 7 heteroatoms. The number of benzene rings is 2. The molecule has 2 aromatic carbocycles. The summed E-state index contributed by atoms with van der Waals surface area (Å²) in [5.41, 5.74) is 3.69. The highest BCUT2D eigenvalue weighted by Gasteiger charge is 2.32. The molecule has 0 saturated carbocycles. The SMILES string of the molecule is COc1ccc2nc(C3=C(O)CN(c4cc(C)ccc4OC)C3=N)[nH]c2c1. The number of aromatic nitrogens is 2. The Morgan fingerprint density at radius 1 is 1.15 bits per heavy atom. The molecule has 3 N–H and O–H groups in total. The van der Waals surface area contributed by atoms with E-state index in [-0.39, 0.29) is 18.1 Å². The van der Waals surface area contributed by atoms with Crippen molar-refractivity contribution in [3.63, 3.8) is 0 Å². The van der Waals surface area contributed by atoms with E-state index >= 15 is 0 Å². The van der Waals surface area contributed by atoms with E-state index < -0.39 is 0 Å². The van der Waals surface area contributed by atoms with Crippen molar-refractivity contribution in [2.75, 3.05) is 25.7 Å².